The molecule has 2 aromatic rings. The standard InChI is InChI=1S/C14H13NO/c1-16-15-14(12-8-4-2-5-9-12)13-10-6-3-7-11-13/h2-11H,1H3. The van der Waals surface area contributed by atoms with Crippen LogP contribution in [-0.2, 0) is 4.84 Å². The van der Waals surface area contributed by atoms with Crippen LogP contribution in [0.4, 0.5) is 0 Å². The minimum Gasteiger partial charge on any atom is -0.399 e. The van der Waals surface area contributed by atoms with E-state index in [-0.39, 0.29) is 0 Å². The Kier molecular flexibility index (Phi) is 3.34. The first-order chi connectivity index (χ1) is 7.92. The highest BCUT2D eigenvalue weighted by Crippen LogP contribution is 2.10. The maximum Gasteiger partial charge on any atom is 0.117 e. The van der Waals surface area contributed by atoms with E-state index in [1.54, 1.807) is 7.11 Å². The molecule has 0 N–H and O–H groups in total. The van der Waals surface area contributed by atoms with Crippen molar-refractivity contribution in [2.24, 2.45) is 5.16 Å². The van der Waals surface area contributed by atoms with E-state index in [2.05, 4.69) is 5.16 Å². The first-order valence-corrected chi connectivity index (χ1v) is 5.14. The molecule has 0 fully saturated rings. The Morgan fingerprint density at radius 2 is 1.25 bits per heavy atom. The number of nitrogens with zero attached hydrogens (tertiary/aromatic N) is 1. The molecular formula is C14H13NO. The number of benzene rings is 2. The Hall–Kier alpha value is -2.09. The summed E-state index contributed by atoms with van der Waals surface area (Å²) in [6.45, 7) is 0. The molecule has 0 aromatic heterocycles. The van der Waals surface area contributed by atoms with Gasteiger partial charge in [0.1, 0.15) is 12.8 Å². The van der Waals surface area contributed by atoms with Crippen LogP contribution >= 0.6 is 0 Å². The van der Waals surface area contributed by atoms with E-state index in [4.69, 9.17) is 4.84 Å². The van der Waals surface area contributed by atoms with Crippen LogP contribution in [0.5, 0.6) is 0 Å². The fourth-order valence-corrected chi connectivity index (χ4v) is 1.56. The summed E-state index contributed by atoms with van der Waals surface area (Å²) in [4.78, 5) is 4.90. The molecule has 0 aliphatic carbocycles. The number of oxime groups is 1. The Balaban J connectivity index is 2.44. The molecule has 0 spiro atoms. The van der Waals surface area contributed by atoms with Gasteiger partial charge in [-0.05, 0) is 0 Å². The molecule has 16 heavy (non-hydrogen) atoms. The van der Waals surface area contributed by atoms with Gasteiger partial charge >= 0.3 is 0 Å². The summed E-state index contributed by atoms with van der Waals surface area (Å²) < 4.78 is 0. The van der Waals surface area contributed by atoms with Gasteiger partial charge in [0.05, 0.1) is 0 Å². The zero-order valence-electron chi connectivity index (χ0n) is 9.13. The summed E-state index contributed by atoms with van der Waals surface area (Å²) >= 11 is 0. The van der Waals surface area contributed by atoms with Crippen molar-refractivity contribution in [3.05, 3.63) is 71.8 Å². The van der Waals surface area contributed by atoms with Crippen molar-refractivity contribution in [3.63, 3.8) is 0 Å². The second kappa shape index (κ2) is 5.12. The molecule has 0 amide bonds. The molecule has 2 aromatic carbocycles. The largest absolute Gasteiger partial charge is 0.399 e. The van der Waals surface area contributed by atoms with E-state index in [0.717, 1.165) is 16.8 Å². The Labute approximate surface area is 95.2 Å². The number of rotatable bonds is 3. The molecule has 0 aliphatic rings. The van der Waals surface area contributed by atoms with Crippen LogP contribution in [0.2, 0.25) is 0 Å². The molecule has 0 heterocycles. The normalized spacial score (nSPS) is 9.56. The topological polar surface area (TPSA) is 21.6 Å². The minimum absolute atomic E-state index is 0.851. The predicted octanol–water partition coefficient (Wildman–Crippen LogP) is 3.09. The summed E-state index contributed by atoms with van der Waals surface area (Å²) in [6.07, 6.45) is 0. The molecule has 0 unspecified atom stereocenters. The second-order valence-electron chi connectivity index (χ2n) is 3.35. The highest BCUT2D eigenvalue weighted by molar-refractivity contribution is 6.12. The Bertz CT molecular complexity index is 421. The van der Waals surface area contributed by atoms with E-state index in [1.807, 2.05) is 60.7 Å². The van der Waals surface area contributed by atoms with Gasteiger partial charge in [0, 0.05) is 11.1 Å². The van der Waals surface area contributed by atoms with E-state index in [1.165, 1.54) is 0 Å². The van der Waals surface area contributed by atoms with Crippen LogP contribution in [0, 0.1) is 0 Å². The number of hydrogen-bond donors (Lipinski definition) is 0. The van der Waals surface area contributed by atoms with E-state index >= 15 is 0 Å². The third-order valence-corrected chi connectivity index (χ3v) is 2.28. The van der Waals surface area contributed by atoms with Gasteiger partial charge in [-0.25, -0.2) is 0 Å². The van der Waals surface area contributed by atoms with Crippen LogP contribution in [0.1, 0.15) is 11.1 Å². The van der Waals surface area contributed by atoms with E-state index in [9.17, 15) is 0 Å². The lowest BCUT2D eigenvalue weighted by molar-refractivity contribution is 0.214. The average molecular weight is 211 g/mol. The third kappa shape index (κ3) is 2.28. The lowest BCUT2D eigenvalue weighted by Crippen LogP contribution is -2.03. The lowest BCUT2D eigenvalue weighted by Gasteiger charge is -2.05. The Morgan fingerprint density at radius 1 is 0.812 bits per heavy atom. The van der Waals surface area contributed by atoms with Crippen LogP contribution < -0.4 is 0 Å². The van der Waals surface area contributed by atoms with Crippen molar-refractivity contribution < 1.29 is 4.84 Å². The number of hydrogen-bond acceptors (Lipinski definition) is 2. The van der Waals surface area contributed by atoms with Crippen LogP contribution in [0.15, 0.2) is 65.8 Å². The van der Waals surface area contributed by atoms with Gasteiger partial charge in [0.25, 0.3) is 0 Å². The molecule has 2 rings (SSSR count). The molecule has 0 atom stereocenters. The summed E-state index contributed by atoms with van der Waals surface area (Å²) in [5.74, 6) is 0. The fraction of sp³-hybridized carbons (Fsp3) is 0.0714. The van der Waals surface area contributed by atoms with Crippen LogP contribution in [0.25, 0.3) is 0 Å². The van der Waals surface area contributed by atoms with Gasteiger partial charge in [-0.15, -0.1) is 0 Å². The zero-order valence-corrected chi connectivity index (χ0v) is 9.13. The summed E-state index contributed by atoms with van der Waals surface area (Å²) in [5, 5.41) is 4.08. The monoisotopic (exact) mass is 211 g/mol. The van der Waals surface area contributed by atoms with Gasteiger partial charge in [-0.3, -0.25) is 0 Å². The smallest absolute Gasteiger partial charge is 0.117 e. The summed E-state index contributed by atoms with van der Waals surface area (Å²) in [7, 11) is 1.56. The molecule has 0 aliphatic heterocycles. The molecule has 80 valence electrons. The molecule has 0 saturated carbocycles. The van der Waals surface area contributed by atoms with Gasteiger partial charge in [-0.2, -0.15) is 0 Å². The average Bonchev–Trinajstić information content (AvgIpc) is 2.38. The first-order valence-electron chi connectivity index (χ1n) is 5.14. The molecule has 2 heteroatoms. The maximum atomic E-state index is 4.90. The summed E-state index contributed by atoms with van der Waals surface area (Å²) in [6, 6.07) is 20.0. The van der Waals surface area contributed by atoms with Crippen molar-refractivity contribution in [1.82, 2.24) is 0 Å². The molecule has 2 nitrogen and oxygen atoms in total. The quantitative estimate of drug-likeness (QED) is 0.564. The molecule has 0 bridgehead atoms. The highest BCUT2D eigenvalue weighted by Gasteiger charge is 2.06. The zero-order chi connectivity index (χ0) is 11.2. The van der Waals surface area contributed by atoms with Crippen LogP contribution in [0.3, 0.4) is 0 Å². The third-order valence-electron chi connectivity index (χ3n) is 2.28. The predicted molar refractivity (Wildman–Crippen MR) is 65.5 cm³/mol. The minimum atomic E-state index is 0.851. The molecular weight excluding hydrogens is 198 g/mol. The fourth-order valence-electron chi connectivity index (χ4n) is 1.56. The van der Waals surface area contributed by atoms with E-state index in [0.29, 0.717) is 0 Å². The molecule has 0 radical (unpaired) electrons. The van der Waals surface area contributed by atoms with Crippen molar-refractivity contribution >= 4 is 5.71 Å². The van der Waals surface area contributed by atoms with Crippen molar-refractivity contribution in [2.75, 3.05) is 7.11 Å². The van der Waals surface area contributed by atoms with Crippen molar-refractivity contribution in [2.45, 2.75) is 0 Å². The van der Waals surface area contributed by atoms with Crippen molar-refractivity contribution in [1.29, 1.82) is 0 Å². The van der Waals surface area contributed by atoms with Crippen LogP contribution in [-0.4, -0.2) is 12.8 Å². The van der Waals surface area contributed by atoms with Gasteiger partial charge in [0.15, 0.2) is 0 Å². The lowest BCUT2D eigenvalue weighted by atomic mass is 10.0. The molecule has 0 saturated heterocycles. The Morgan fingerprint density at radius 3 is 1.62 bits per heavy atom. The second-order valence-corrected chi connectivity index (χ2v) is 3.35. The van der Waals surface area contributed by atoms with E-state index < -0.39 is 0 Å². The SMILES string of the molecule is CON=C(c1ccccc1)c1ccccc1. The maximum absolute atomic E-state index is 4.90. The van der Waals surface area contributed by atoms with Gasteiger partial charge < -0.3 is 4.84 Å². The van der Waals surface area contributed by atoms with Gasteiger partial charge in [-0.1, -0.05) is 65.8 Å². The first kappa shape index (κ1) is 10.4. The summed E-state index contributed by atoms with van der Waals surface area (Å²) in [5.41, 5.74) is 2.95. The highest BCUT2D eigenvalue weighted by atomic mass is 16.6. The van der Waals surface area contributed by atoms with Crippen molar-refractivity contribution in [3.8, 4) is 0 Å². The van der Waals surface area contributed by atoms with Gasteiger partial charge in [0.2, 0.25) is 0 Å².